The summed E-state index contributed by atoms with van der Waals surface area (Å²) in [5.41, 5.74) is 6.61. The molecule has 0 aliphatic carbocycles. The van der Waals surface area contributed by atoms with Crippen LogP contribution >= 0.6 is 0 Å². The van der Waals surface area contributed by atoms with Gasteiger partial charge in [0, 0.05) is 11.3 Å². The Morgan fingerprint density at radius 3 is 2.88 bits per heavy atom. The molecule has 0 atom stereocenters. The van der Waals surface area contributed by atoms with Gasteiger partial charge in [-0.25, -0.2) is 4.98 Å². The Morgan fingerprint density at radius 2 is 2.12 bits per heavy atom. The average Bonchev–Trinajstić information content (AvgIpc) is 2.58. The quantitative estimate of drug-likeness (QED) is 0.809. The van der Waals surface area contributed by atoms with E-state index in [9.17, 15) is 14.4 Å². The van der Waals surface area contributed by atoms with Crippen LogP contribution in [0.5, 0.6) is 5.75 Å². The molecule has 1 aliphatic heterocycles. The van der Waals surface area contributed by atoms with E-state index >= 15 is 0 Å². The summed E-state index contributed by atoms with van der Waals surface area (Å²) in [6.45, 7) is 1.03. The smallest absolute Gasteiger partial charge is 0.266 e. The van der Waals surface area contributed by atoms with E-state index in [1.54, 1.807) is 36.4 Å². The normalized spacial score (nSPS) is 13.0. The Balaban J connectivity index is 1.77. The molecule has 1 aliphatic rings. The minimum absolute atomic E-state index is 0.104. The van der Waals surface area contributed by atoms with E-state index < -0.39 is 11.8 Å². The number of hydrogen-bond donors (Lipinski definition) is 2. The second-order valence-corrected chi connectivity index (χ2v) is 5.51. The van der Waals surface area contributed by atoms with Crippen LogP contribution in [0.1, 0.15) is 17.3 Å². The number of fused-ring (bicyclic) bond motifs is 1. The molecule has 8 heteroatoms. The van der Waals surface area contributed by atoms with E-state index in [-0.39, 0.29) is 30.6 Å². The summed E-state index contributed by atoms with van der Waals surface area (Å²) >= 11 is 0. The SMILES string of the molecule is CC(=O)c1cccc(NC(=O)CN2C(=O)COc3ccc(N)nc32)c1. The molecule has 1 aromatic carbocycles. The van der Waals surface area contributed by atoms with Crippen molar-refractivity contribution < 1.29 is 19.1 Å². The number of benzene rings is 1. The van der Waals surface area contributed by atoms with Crippen molar-refractivity contribution in [1.29, 1.82) is 0 Å². The number of amides is 2. The summed E-state index contributed by atoms with van der Waals surface area (Å²) in [5, 5.41) is 2.67. The Bertz CT molecular complexity index is 865. The number of carbonyl (C=O) groups excluding carboxylic acids is 3. The van der Waals surface area contributed by atoms with Crippen LogP contribution in [0.2, 0.25) is 0 Å². The average molecular weight is 340 g/mol. The molecule has 3 rings (SSSR count). The van der Waals surface area contributed by atoms with E-state index in [1.165, 1.54) is 11.8 Å². The largest absolute Gasteiger partial charge is 0.480 e. The zero-order valence-electron chi connectivity index (χ0n) is 13.5. The molecule has 0 unspecified atom stereocenters. The molecule has 2 amide bonds. The van der Waals surface area contributed by atoms with Gasteiger partial charge in [-0.3, -0.25) is 19.3 Å². The van der Waals surface area contributed by atoms with E-state index in [1.807, 2.05) is 0 Å². The van der Waals surface area contributed by atoms with Crippen molar-refractivity contribution in [3.8, 4) is 5.75 Å². The Morgan fingerprint density at radius 1 is 1.32 bits per heavy atom. The topological polar surface area (TPSA) is 115 Å². The van der Waals surface area contributed by atoms with Crippen LogP contribution in [0.4, 0.5) is 17.3 Å². The molecule has 0 fully saturated rings. The van der Waals surface area contributed by atoms with Gasteiger partial charge in [0.2, 0.25) is 5.91 Å². The van der Waals surface area contributed by atoms with Gasteiger partial charge in [0.25, 0.3) is 5.91 Å². The molecule has 0 spiro atoms. The summed E-state index contributed by atoms with van der Waals surface area (Å²) < 4.78 is 5.28. The van der Waals surface area contributed by atoms with Gasteiger partial charge in [-0.1, -0.05) is 12.1 Å². The van der Waals surface area contributed by atoms with Gasteiger partial charge >= 0.3 is 0 Å². The molecule has 25 heavy (non-hydrogen) atoms. The summed E-state index contributed by atoms with van der Waals surface area (Å²) in [4.78, 5) is 41.1. The predicted octanol–water partition coefficient (Wildman–Crippen LogP) is 1.23. The number of nitrogen functional groups attached to an aromatic ring is 1. The third-order valence-corrected chi connectivity index (χ3v) is 3.62. The first-order chi connectivity index (χ1) is 11.9. The molecule has 2 heterocycles. The third-order valence-electron chi connectivity index (χ3n) is 3.62. The van der Waals surface area contributed by atoms with Gasteiger partial charge in [0.1, 0.15) is 12.4 Å². The van der Waals surface area contributed by atoms with E-state index in [0.717, 1.165) is 0 Å². The van der Waals surface area contributed by atoms with Gasteiger partial charge in [0.05, 0.1) is 0 Å². The van der Waals surface area contributed by atoms with E-state index in [2.05, 4.69) is 10.3 Å². The summed E-state index contributed by atoms with van der Waals surface area (Å²) in [6, 6.07) is 9.73. The van der Waals surface area contributed by atoms with Crippen molar-refractivity contribution in [3.05, 3.63) is 42.0 Å². The molecule has 2 aromatic rings. The highest BCUT2D eigenvalue weighted by molar-refractivity contribution is 6.04. The molecular formula is C17H16N4O4. The van der Waals surface area contributed by atoms with E-state index in [4.69, 9.17) is 10.5 Å². The van der Waals surface area contributed by atoms with Gasteiger partial charge in [0.15, 0.2) is 24.0 Å². The highest BCUT2D eigenvalue weighted by Gasteiger charge is 2.29. The lowest BCUT2D eigenvalue weighted by atomic mass is 10.1. The third kappa shape index (κ3) is 3.57. The summed E-state index contributed by atoms with van der Waals surface area (Å²) in [5.74, 6) is -0.0990. The minimum atomic E-state index is -0.425. The number of nitrogens with zero attached hydrogens (tertiary/aromatic N) is 2. The lowest BCUT2D eigenvalue weighted by molar-refractivity contribution is -0.123. The van der Waals surface area contributed by atoms with Crippen LogP contribution in [-0.4, -0.2) is 35.7 Å². The Kier molecular flexibility index (Phi) is 4.34. The number of rotatable bonds is 4. The maximum atomic E-state index is 12.3. The fourth-order valence-electron chi connectivity index (χ4n) is 2.41. The van der Waals surface area contributed by atoms with Crippen LogP contribution in [-0.2, 0) is 9.59 Å². The van der Waals surface area contributed by atoms with Gasteiger partial charge in [-0.15, -0.1) is 0 Å². The number of carbonyl (C=O) groups is 3. The zero-order chi connectivity index (χ0) is 18.0. The van der Waals surface area contributed by atoms with E-state index in [0.29, 0.717) is 17.0 Å². The number of aromatic nitrogens is 1. The van der Waals surface area contributed by atoms with Gasteiger partial charge < -0.3 is 15.8 Å². The van der Waals surface area contributed by atoms with Crippen LogP contribution in [0.3, 0.4) is 0 Å². The van der Waals surface area contributed by atoms with Crippen LogP contribution in [0.25, 0.3) is 0 Å². The number of ketones is 1. The van der Waals surface area contributed by atoms with Gasteiger partial charge in [-0.05, 0) is 31.2 Å². The summed E-state index contributed by atoms with van der Waals surface area (Å²) in [6.07, 6.45) is 0. The Hall–Kier alpha value is -3.42. The van der Waals surface area contributed by atoms with Crippen LogP contribution < -0.4 is 20.7 Å². The van der Waals surface area contributed by atoms with Crippen molar-refractivity contribution in [2.24, 2.45) is 0 Å². The summed E-state index contributed by atoms with van der Waals surface area (Å²) in [7, 11) is 0. The molecular weight excluding hydrogens is 324 g/mol. The molecule has 128 valence electrons. The highest BCUT2D eigenvalue weighted by atomic mass is 16.5. The molecule has 8 nitrogen and oxygen atoms in total. The lowest BCUT2D eigenvalue weighted by Crippen LogP contribution is -2.44. The standard InChI is InChI=1S/C17H16N4O4/c1-10(22)11-3-2-4-12(7-11)19-15(23)8-21-16(24)9-25-13-5-6-14(18)20-17(13)21/h2-7H,8-9H2,1H3,(H2,18,20)(H,19,23). The maximum Gasteiger partial charge on any atom is 0.266 e. The molecule has 1 aromatic heterocycles. The predicted molar refractivity (Wildman–Crippen MR) is 91.6 cm³/mol. The molecule has 0 radical (unpaired) electrons. The van der Waals surface area contributed by atoms with Crippen molar-refractivity contribution >= 4 is 34.9 Å². The van der Waals surface area contributed by atoms with Crippen molar-refractivity contribution in [2.75, 3.05) is 29.1 Å². The van der Waals surface area contributed by atoms with Crippen LogP contribution in [0, 0.1) is 0 Å². The fraction of sp³-hybridized carbons (Fsp3) is 0.176. The van der Waals surface area contributed by atoms with Crippen molar-refractivity contribution in [1.82, 2.24) is 4.98 Å². The number of Topliss-reactive ketones (excluding diaryl/α,β-unsaturated/α-hetero) is 1. The number of anilines is 3. The molecule has 0 saturated heterocycles. The number of nitrogens with one attached hydrogen (secondary N) is 1. The first-order valence-corrected chi connectivity index (χ1v) is 7.54. The number of pyridine rings is 1. The number of ether oxygens (including phenoxy) is 1. The fourth-order valence-corrected chi connectivity index (χ4v) is 2.41. The lowest BCUT2D eigenvalue weighted by Gasteiger charge is -2.27. The second-order valence-electron chi connectivity index (χ2n) is 5.51. The van der Waals surface area contributed by atoms with Crippen LogP contribution in [0.15, 0.2) is 36.4 Å². The first-order valence-electron chi connectivity index (χ1n) is 7.54. The number of nitrogens with two attached hydrogens (primary N) is 1. The molecule has 0 bridgehead atoms. The Labute approximate surface area is 143 Å². The maximum absolute atomic E-state index is 12.3. The van der Waals surface area contributed by atoms with Crippen molar-refractivity contribution in [3.63, 3.8) is 0 Å². The molecule has 3 N–H and O–H groups in total. The number of hydrogen-bond acceptors (Lipinski definition) is 6. The zero-order valence-corrected chi connectivity index (χ0v) is 13.5. The monoisotopic (exact) mass is 340 g/mol. The highest BCUT2D eigenvalue weighted by Crippen LogP contribution is 2.30. The first kappa shape index (κ1) is 16.4. The second kappa shape index (κ2) is 6.60. The van der Waals surface area contributed by atoms with Gasteiger partial charge in [-0.2, -0.15) is 0 Å². The van der Waals surface area contributed by atoms with Crippen molar-refractivity contribution in [2.45, 2.75) is 6.92 Å². The minimum Gasteiger partial charge on any atom is -0.480 e. The molecule has 0 saturated carbocycles.